The Labute approximate surface area is 175 Å². The number of ether oxygens (including phenoxy) is 1. The summed E-state index contributed by atoms with van der Waals surface area (Å²) in [5.41, 5.74) is 5.22. The number of fused-ring (bicyclic) bond motifs is 1. The zero-order chi connectivity index (χ0) is 22.2. The van der Waals surface area contributed by atoms with Crippen molar-refractivity contribution in [3.8, 4) is 0 Å². The van der Waals surface area contributed by atoms with Crippen LogP contribution in [0.2, 0.25) is 0 Å². The van der Waals surface area contributed by atoms with Crippen molar-refractivity contribution in [1.82, 2.24) is 9.55 Å². The molecular formula is C24H26N2O4. The molecule has 3 rings (SSSR count). The summed E-state index contributed by atoms with van der Waals surface area (Å²) in [5, 5.41) is 0. The zero-order valence-corrected chi connectivity index (χ0v) is 18.2. The predicted molar refractivity (Wildman–Crippen MR) is 116 cm³/mol. The third-order valence-corrected chi connectivity index (χ3v) is 5.42. The van der Waals surface area contributed by atoms with Gasteiger partial charge >= 0.3 is 5.97 Å². The molecule has 0 N–H and O–H groups in total. The molecular weight excluding hydrogens is 380 g/mol. The SMILES string of the molecule is CCn1c(=O)c(C)nc2cc(C(=O)O[C@@H](C)C(=O)c3cc(C)c(C)cc3C)ccc21. The van der Waals surface area contributed by atoms with Crippen molar-refractivity contribution < 1.29 is 14.3 Å². The molecule has 0 aliphatic rings. The molecule has 0 aliphatic heterocycles. The topological polar surface area (TPSA) is 78.3 Å². The van der Waals surface area contributed by atoms with Crippen LogP contribution in [0.4, 0.5) is 0 Å². The summed E-state index contributed by atoms with van der Waals surface area (Å²) in [7, 11) is 0. The van der Waals surface area contributed by atoms with Crippen LogP contribution in [0.25, 0.3) is 11.0 Å². The van der Waals surface area contributed by atoms with Gasteiger partial charge in [-0.2, -0.15) is 0 Å². The van der Waals surface area contributed by atoms with Gasteiger partial charge in [0, 0.05) is 12.1 Å². The van der Waals surface area contributed by atoms with Crippen molar-refractivity contribution in [2.75, 3.05) is 0 Å². The quantitative estimate of drug-likeness (QED) is 0.471. The van der Waals surface area contributed by atoms with Crippen molar-refractivity contribution >= 4 is 22.8 Å². The van der Waals surface area contributed by atoms with Gasteiger partial charge in [0.15, 0.2) is 6.10 Å². The summed E-state index contributed by atoms with van der Waals surface area (Å²) in [5.74, 6) is -0.841. The highest BCUT2D eigenvalue weighted by molar-refractivity contribution is 6.03. The second kappa shape index (κ2) is 8.22. The molecule has 0 unspecified atom stereocenters. The van der Waals surface area contributed by atoms with E-state index < -0.39 is 12.1 Å². The molecule has 2 aromatic carbocycles. The van der Waals surface area contributed by atoms with Crippen molar-refractivity contribution in [3.63, 3.8) is 0 Å². The summed E-state index contributed by atoms with van der Waals surface area (Å²) in [6.07, 6.45) is -0.923. The largest absolute Gasteiger partial charge is 0.451 e. The van der Waals surface area contributed by atoms with E-state index in [1.54, 1.807) is 36.6 Å². The standard InChI is InChI=1S/C24H26N2O4/c1-7-26-21-9-8-18(12-20(21)25-16(5)23(26)28)24(29)30-17(6)22(27)19-11-14(3)13(2)10-15(19)4/h8-12,17H,7H2,1-6H3/t17-/m0/s1. The van der Waals surface area contributed by atoms with E-state index in [2.05, 4.69) is 4.98 Å². The first-order valence-electron chi connectivity index (χ1n) is 9.98. The van der Waals surface area contributed by atoms with Gasteiger partial charge in [-0.05, 0) is 82.5 Å². The minimum Gasteiger partial charge on any atom is -0.451 e. The summed E-state index contributed by atoms with van der Waals surface area (Å²) < 4.78 is 7.06. The number of nitrogens with zero attached hydrogens (tertiary/aromatic N) is 2. The van der Waals surface area contributed by atoms with Gasteiger partial charge in [-0.1, -0.05) is 6.07 Å². The molecule has 0 saturated heterocycles. The highest BCUT2D eigenvalue weighted by atomic mass is 16.5. The molecule has 30 heavy (non-hydrogen) atoms. The molecule has 6 heteroatoms. The minimum atomic E-state index is -0.923. The van der Waals surface area contributed by atoms with E-state index in [1.165, 1.54) is 0 Å². The number of carbonyl (C=O) groups is 2. The van der Waals surface area contributed by atoms with E-state index in [0.29, 0.717) is 28.8 Å². The Hall–Kier alpha value is -3.28. The number of rotatable bonds is 5. The molecule has 0 saturated carbocycles. The van der Waals surface area contributed by atoms with E-state index in [4.69, 9.17) is 4.74 Å². The number of ketones is 1. The van der Waals surface area contributed by atoms with E-state index in [9.17, 15) is 14.4 Å². The van der Waals surface area contributed by atoms with Crippen LogP contribution in [-0.4, -0.2) is 27.4 Å². The molecule has 0 radical (unpaired) electrons. The number of Topliss-reactive ketones (excluding diaryl/α,β-unsaturated/α-hetero) is 1. The van der Waals surface area contributed by atoms with E-state index in [0.717, 1.165) is 16.7 Å². The van der Waals surface area contributed by atoms with Gasteiger partial charge in [0.05, 0.1) is 16.6 Å². The number of carbonyl (C=O) groups excluding carboxylic acids is 2. The fourth-order valence-corrected chi connectivity index (χ4v) is 3.54. The maximum atomic E-state index is 12.8. The lowest BCUT2D eigenvalue weighted by Crippen LogP contribution is -2.26. The summed E-state index contributed by atoms with van der Waals surface area (Å²) in [6, 6.07) is 8.66. The first-order valence-corrected chi connectivity index (χ1v) is 9.98. The third-order valence-electron chi connectivity index (χ3n) is 5.42. The van der Waals surface area contributed by atoms with Gasteiger partial charge in [0.2, 0.25) is 5.78 Å². The van der Waals surface area contributed by atoms with Gasteiger partial charge < -0.3 is 9.30 Å². The van der Waals surface area contributed by atoms with E-state index >= 15 is 0 Å². The van der Waals surface area contributed by atoms with Gasteiger partial charge in [-0.25, -0.2) is 9.78 Å². The van der Waals surface area contributed by atoms with Gasteiger partial charge in [0.25, 0.3) is 5.56 Å². The van der Waals surface area contributed by atoms with Gasteiger partial charge in [0.1, 0.15) is 5.69 Å². The molecule has 0 aliphatic carbocycles. The Balaban J connectivity index is 1.87. The number of esters is 1. The number of hydrogen-bond acceptors (Lipinski definition) is 5. The van der Waals surface area contributed by atoms with Crippen LogP contribution in [0, 0.1) is 27.7 Å². The maximum absolute atomic E-state index is 12.8. The van der Waals surface area contributed by atoms with Crippen LogP contribution in [0.15, 0.2) is 35.1 Å². The average molecular weight is 406 g/mol. The third kappa shape index (κ3) is 3.90. The highest BCUT2D eigenvalue weighted by Gasteiger charge is 2.23. The first kappa shape index (κ1) is 21.4. The molecule has 1 atom stereocenters. The maximum Gasteiger partial charge on any atom is 0.338 e. The smallest absolute Gasteiger partial charge is 0.338 e. The molecule has 3 aromatic rings. The highest BCUT2D eigenvalue weighted by Crippen LogP contribution is 2.19. The number of aryl methyl sites for hydroxylation is 5. The fourth-order valence-electron chi connectivity index (χ4n) is 3.54. The molecule has 0 spiro atoms. The molecule has 1 aromatic heterocycles. The Kier molecular flexibility index (Phi) is 5.87. The first-order chi connectivity index (χ1) is 14.1. The second-order valence-corrected chi connectivity index (χ2v) is 7.61. The number of benzene rings is 2. The predicted octanol–water partition coefficient (Wildman–Crippen LogP) is 4.08. The number of aromatic nitrogens is 2. The van der Waals surface area contributed by atoms with Crippen molar-refractivity contribution in [1.29, 1.82) is 0 Å². The van der Waals surface area contributed by atoms with Crippen LogP contribution >= 0.6 is 0 Å². The normalized spacial score (nSPS) is 12.1. The zero-order valence-electron chi connectivity index (χ0n) is 18.2. The number of hydrogen-bond donors (Lipinski definition) is 0. The van der Waals surface area contributed by atoms with Crippen molar-refractivity contribution in [2.45, 2.75) is 54.2 Å². The second-order valence-electron chi connectivity index (χ2n) is 7.61. The van der Waals surface area contributed by atoms with Crippen molar-refractivity contribution in [2.24, 2.45) is 0 Å². The lowest BCUT2D eigenvalue weighted by atomic mass is 9.96. The average Bonchev–Trinajstić information content (AvgIpc) is 2.70. The van der Waals surface area contributed by atoms with Crippen LogP contribution < -0.4 is 5.56 Å². The summed E-state index contributed by atoms with van der Waals surface area (Å²) in [4.78, 5) is 42.1. The van der Waals surface area contributed by atoms with Crippen LogP contribution in [-0.2, 0) is 11.3 Å². The summed E-state index contributed by atoms with van der Waals surface area (Å²) >= 11 is 0. The van der Waals surface area contributed by atoms with E-state index in [-0.39, 0.29) is 16.9 Å². The molecule has 1 heterocycles. The van der Waals surface area contributed by atoms with E-state index in [1.807, 2.05) is 39.8 Å². The fraction of sp³-hybridized carbons (Fsp3) is 0.333. The van der Waals surface area contributed by atoms with Crippen LogP contribution in [0.5, 0.6) is 0 Å². The lowest BCUT2D eigenvalue weighted by molar-refractivity contribution is 0.0318. The summed E-state index contributed by atoms with van der Waals surface area (Å²) in [6.45, 7) is 11.4. The van der Waals surface area contributed by atoms with Crippen molar-refractivity contribution in [3.05, 3.63) is 74.2 Å². The molecule has 0 amide bonds. The molecule has 6 nitrogen and oxygen atoms in total. The molecule has 156 valence electrons. The van der Waals surface area contributed by atoms with Gasteiger partial charge in [-0.3, -0.25) is 9.59 Å². The monoisotopic (exact) mass is 406 g/mol. The van der Waals surface area contributed by atoms with Crippen LogP contribution in [0.1, 0.15) is 56.9 Å². The molecule has 0 fully saturated rings. The van der Waals surface area contributed by atoms with Crippen LogP contribution in [0.3, 0.4) is 0 Å². The lowest BCUT2D eigenvalue weighted by Gasteiger charge is -2.15. The minimum absolute atomic E-state index is 0.150. The van der Waals surface area contributed by atoms with Gasteiger partial charge in [-0.15, -0.1) is 0 Å². The Bertz CT molecular complexity index is 1220. The Morgan fingerprint density at radius 3 is 2.37 bits per heavy atom. The molecule has 0 bridgehead atoms. The Morgan fingerprint density at radius 2 is 1.70 bits per heavy atom. The Morgan fingerprint density at radius 1 is 1.03 bits per heavy atom.